The molecule has 0 bridgehead atoms. The van der Waals surface area contributed by atoms with Crippen LogP contribution in [0.25, 0.3) is 0 Å². The molecule has 0 radical (unpaired) electrons. The van der Waals surface area contributed by atoms with Gasteiger partial charge in [-0.05, 0) is 12.5 Å². The Morgan fingerprint density at radius 3 is 2.57 bits per heavy atom. The van der Waals surface area contributed by atoms with E-state index in [4.69, 9.17) is 0 Å². The maximum absolute atomic E-state index is 11.2. The zero-order valence-electron chi connectivity index (χ0n) is 11.5. The molecule has 0 atom stereocenters. The maximum atomic E-state index is 11.2. The number of nitro benzene ring substituents is 1. The highest BCUT2D eigenvalue weighted by atomic mass is 16.6. The van der Waals surface area contributed by atoms with E-state index < -0.39 is 10.9 Å². The van der Waals surface area contributed by atoms with Crippen molar-refractivity contribution in [2.75, 3.05) is 5.32 Å². The van der Waals surface area contributed by atoms with Crippen molar-refractivity contribution in [3.05, 3.63) is 51.2 Å². The molecule has 2 aromatic rings. The number of nitrogens with zero attached hydrogens (tertiary/aromatic N) is 3. The first kappa shape index (κ1) is 14.5. The molecule has 2 N–H and O–H groups in total. The Balaban J connectivity index is 2.16. The molecule has 0 unspecified atom stereocenters. The van der Waals surface area contributed by atoms with Crippen molar-refractivity contribution < 1.29 is 14.8 Å². The number of aromatic nitrogens is 2. The predicted molar refractivity (Wildman–Crippen MR) is 75.3 cm³/mol. The van der Waals surface area contributed by atoms with Gasteiger partial charge in [-0.15, -0.1) is 0 Å². The zero-order chi connectivity index (χ0) is 15.6. The number of nitro groups is 1. The average molecular weight is 290 g/mol. The molecule has 8 heteroatoms. The topological polar surface area (TPSA) is 110 Å². The van der Waals surface area contributed by atoms with E-state index in [2.05, 4.69) is 10.4 Å². The van der Waals surface area contributed by atoms with Crippen LogP contribution in [0, 0.1) is 17.0 Å². The highest BCUT2D eigenvalue weighted by Crippen LogP contribution is 2.20. The Morgan fingerprint density at radius 1 is 1.43 bits per heavy atom. The van der Waals surface area contributed by atoms with E-state index in [1.54, 1.807) is 26.1 Å². The van der Waals surface area contributed by atoms with Crippen LogP contribution in [-0.2, 0) is 13.6 Å². The van der Waals surface area contributed by atoms with Gasteiger partial charge in [0.25, 0.3) is 5.69 Å². The number of rotatable bonds is 5. The van der Waals surface area contributed by atoms with Gasteiger partial charge in [-0.1, -0.05) is 12.1 Å². The van der Waals surface area contributed by atoms with Gasteiger partial charge in [-0.2, -0.15) is 5.10 Å². The fraction of sp³-hybridized carbons (Fsp3) is 0.231. The van der Waals surface area contributed by atoms with Gasteiger partial charge in [0.2, 0.25) is 0 Å². The third kappa shape index (κ3) is 2.99. The number of carboxylic acids is 1. The molecule has 0 fully saturated rings. The molecule has 0 aliphatic carbocycles. The van der Waals surface area contributed by atoms with Gasteiger partial charge in [0, 0.05) is 25.7 Å². The first-order valence-electron chi connectivity index (χ1n) is 6.14. The first-order valence-corrected chi connectivity index (χ1v) is 6.14. The molecule has 0 saturated carbocycles. The van der Waals surface area contributed by atoms with Crippen LogP contribution in [-0.4, -0.2) is 25.8 Å². The predicted octanol–water partition coefficient (Wildman–Crippen LogP) is 1.95. The number of non-ortho nitro benzene ring substituents is 1. The van der Waals surface area contributed by atoms with Crippen LogP contribution in [0.15, 0.2) is 24.3 Å². The molecule has 0 aliphatic heterocycles. The minimum absolute atomic E-state index is 0.0151. The summed E-state index contributed by atoms with van der Waals surface area (Å²) in [5, 5.41) is 26.8. The van der Waals surface area contributed by atoms with Crippen molar-refractivity contribution in [3.8, 4) is 0 Å². The van der Waals surface area contributed by atoms with Crippen LogP contribution in [0.3, 0.4) is 0 Å². The van der Waals surface area contributed by atoms with Crippen molar-refractivity contribution in [2.24, 2.45) is 7.05 Å². The minimum Gasteiger partial charge on any atom is -0.477 e. The van der Waals surface area contributed by atoms with E-state index in [-0.39, 0.29) is 11.3 Å². The Labute approximate surface area is 120 Å². The molecule has 0 spiro atoms. The van der Waals surface area contributed by atoms with E-state index >= 15 is 0 Å². The molecule has 8 nitrogen and oxygen atoms in total. The Morgan fingerprint density at radius 2 is 2.05 bits per heavy atom. The number of nitrogens with one attached hydrogen (secondary N) is 1. The summed E-state index contributed by atoms with van der Waals surface area (Å²) in [6.45, 7) is 1.97. The van der Waals surface area contributed by atoms with Gasteiger partial charge in [0.05, 0.1) is 10.6 Å². The fourth-order valence-electron chi connectivity index (χ4n) is 2.04. The molecule has 0 amide bonds. The van der Waals surface area contributed by atoms with Crippen LogP contribution in [0.4, 0.5) is 11.5 Å². The summed E-state index contributed by atoms with van der Waals surface area (Å²) in [6, 6.07) is 6.05. The number of carboxylic acid groups (broad SMARTS) is 1. The lowest BCUT2D eigenvalue weighted by atomic mass is 10.2. The third-order valence-electron chi connectivity index (χ3n) is 3.04. The molecule has 0 saturated heterocycles. The lowest BCUT2D eigenvalue weighted by molar-refractivity contribution is -0.384. The molecule has 21 heavy (non-hydrogen) atoms. The summed E-state index contributed by atoms with van der Waals surface area (Å²) in [5.41, 5.74) is 1.37. The summed E-state index contributed by atoms with van der Waals surface area (Å²) in [6.07, 6.45) is 0. The number of anilines is 1. The quantitative estimate of drug-likeness (QED) is 0.643. The molecule has 110 valence electrons. The van der Waals surface area contributed by atoms with Crippen molar-refractivity contribution in [1.82, 2.24) is 9.78 Å². The van der Waals surface area contributed by atoms with Crippen molar-refractivity contribution in [2.45, 2.75) is 13.5 Å². The van der Waals surface area contributed by atoms with E-state index in [1.807, 2.05) is 0 Å². The van der Waals surface area contributed by atoms with Crippen LogP contribution < -0.4 is 5.32 Å². The second-order valence-corrected chi connectivity index (χ2v) is 4.51. The van der Waals surface area contributed by atoms with Crippen LogP contribution >= 0.6 is 0 Å². The lowest BCUT2D eigenvalue weighted by Gasteiger charge is -2.08. The van der Waals surface area contributed by atoms with Crippen LogP contribution in [0.2, 0.25) is 0 Å². The van der Waals surface area contributed by atoms with Crippen molar-refractivity contribution in [3.63, 3.8) is 0 Å². The van der Waals surface area contributed by atoms with E-state index in [0.717, 1.165) is 5.56 Å². The van der Waals surface area contributed by atoms with Gasteiger partial charge in [-0.3, -0.25) is 14.8 Å². The lowest BCUT2D eigenvalue weighted by Crippen LogP contribution is -2.09. The summed E-state index contributed by atoms with van der Waals surface area (Å²) >= 11 is 0. The Bertz CT molecular complexity index is 691. The smallest absolute Gasteiger partial charge is 0.341 e. The second-order valence-electron chi connectivity index (χ2n) is 4.51. The zero-order valence-corrected chi connectivity index (χ0v) is 11.5. The molecular weight excluding hydrogens is 276 g/mol. The van der Waals surface area contributed by atoms with Gasteiger partial charge in [0.1, 0.15) is 11.4 Å². The Kier molecular flexibility index (Phi) is 3.88. The van der Waals surface area contributed by atoms with Gasteiger partial charge in [0.15, 0.2) is 0 Å². The fourth-order valence-corrected chi connectivity index (χ4v) is 2.04. The summed E-state index contributed by atoms with van der Waals surface area (Å²) in [5.74, 6) is -0.648. The van der Waals surface area contributed by atoms with Crippen LogP contribution in [0.5, 0.6) is 0 Å². The number of benzene rings is 1. The SMILES string of the molecule is Cc1nn(C)c(NCc2ccc([N+](=O)[O-])cc2)c1C(=O)O. The summed E-state index contributed by atoms with van der Waals surface area (Å²) < 4.78 is 1.46. The standard InChI is InChI=1S/C13H14N4O4/c1-8-11(13(18)19)12(16(2)15-8)14-7-9-3-5-10(6-4-9)17(20)21/h3-6,14H,7H2,1-2H3,(H,18,19). The number of carbonyl (C=O) groups is 1. The van der Waals surface area contributed by atoms with Crippen molar-refractivity contribution >= 4 is 17.5 Å². The molecule has 1 heterocycles. The molecular formula is C13H14N4O4. The first-order chi connectivity index (χ1) is 9.90. The largest absolute Gasteiger partial charge is 0.477 e. The third-order valence-corrected chi connectivity index (χ3v) is 3.04. The summed E-state index contributed by atoms with van der Waals surface area (Å²) in [7, 11) is 1.65. The monoisotopic (exact) mass is 290 g/mol. The molecule has 1 aromatic carbocycles. The van der Waals surface area contributed by atoms with E-state index in [0.29, 0.717) is 18.1 Å². The number of aromatic carboxylic acids is 1. The number of aryl methyl sites for hydroxylation is 2. The van der Waals surface area contributed by atoms with Crippen LogP contribution in [0.1, 0.15) is 21.6 Å². The maximum Gasteiger partial charge on any atom is 0.341 e. The van der Waals surface area contributed by atoms with Gasteiger partial charge < -0.3 is 10.4 Å². The Hall–Kier alpha value is -2.90. The molecule has 1 aromatic heterocycles. The van der Waals surface area contributed by atoms with E-state index in [9.17, 15) is 20.0 Å². The highest BCUT2D eigenvalue weighted by Gasteiger charge is 2.19. The molecule has 2 rings (SSSR count). The van der Waals surface area contributed by atoms with Gasteiger partial charge in [-0.25, -0.2) is 4.79 Å². The average Bonchev–Trinajstić information content (AvgIpc) is 2.71. The van der Waals surface area contributed by atoms with Crippen molar-refractivity contribution in [1.29, 1.82) is 0 Å². The van der Waals surface area contributed by atoms with Gasteiger partial charge >= 0.3 is 5.97 Å². The summed E-state index contributed by atoms with van der Waals surface area (Å²) in [4.78, 5) is 21.3. The second kappa shape index (κ2) is 5.61. The number of hydrogen-bond acceptors (Lipinski definition) is 5. The highest BCUT2D eigenvalue weighted by molar-refractivity contribution is 5.94. The normalized spacial score (nSPS) is 10.4. The minimum atomic E-state index is -1.05. The van der Waals surface area contributed by atoms with E-state index in [1.165, 1.54) is 16.8 Å². The molecule has 0 aliphatic rings. The number of hydrogen-bond donors (Lipinski definition) is 2.